The van der Waals surface area contributed by atoms with Crippen molar-refractivity contribution in [2.24, 2.45) is 0 Å². The lowest BCUT2D eigenvalue weighted by atomic mass is 10.1. The third kappa shape index (κ3) is 3.52. The summed E-state index contributed by atoms with van der Waals surface area (Å²) in [6.45, 7) is 3.62. The highest BCUT2D eigenvalue weighted by molar-refractivity contribution is 7.89. The van der Waals surface area contributed by atoms with Crippen LogP contribution in [0.5, 0.6) is 0 Å². The Morgan fingerprint density at radius 2 is 1.88 bits per heavy atom. The van der Waals surface area contributed by atoms with Crippen LogP contribution in [0.2, 0.25) is 0 Å². The van der Waals surface area contributed by atoms with Crippen LogP contribution in [0.15, 0.2) is 53.4 Å². The molecule has 5 nitrogen and oxygen atoms in total. The zero-order valence-electron chi connectivity index (χ0n) is 15.3. The lowest BCUT2D eigenvalue weighted by Crippen LogP contribution is -2.33. The van der Waals surface area contributed by atoms with Crippen LogP contribution in [-0.4, -0.2) is 31.7 Å². The number of benzene rings is 2. The fraction of sp³-hybridized carbons (Fsp3) is 0.350. The first kappa shape index (κ1) is 18.6. The molecule has 2 aromatic carbocycles. The summed E-state index contributed by atoms with van der Waals surface area (Å²) in [6.07, 6.45) is 1.80. The Kier molecular flexibility index (Phi) is 5.16. The van der Waals surface area contributed by atoms with Crippen molar-refractivity contribution in [2.45, 2.75) is 43.7 Å². The van der Waals surface area contributed by atoms with E-state index in [4.69, 9.17) is 0 Å². The third-order valence-electron chi connectivity index (χ3n) is 4.94. The van der Waals surface area contributed by atoms with Gasteiger partial charge in [-0.3, -0.25) is 4.79 Å². The predicted octanol–water partition coefficient (Wildman–Crippen LogP) is 3.13. The predicted molar refractivity (Wildman–Crippen MR) is 101 cm³/mol. The zero-order chi connectivity index (χ0) is 18.9. The quantitative estimate of drug-likeness (QED) is 0.877. The molecular formula is C20H24N2O3S. The summed E-state index contributed by atoms with van der Waals surface area (Å²) < 4.78 is 26.6. The van der Waals surface area contributed by atoms with E-state index in [2.05, 4.69) is 11.4 Å². The number of amides is 1. The van der Waals surface area contributed by atoms with E-state index in [9.17, 15) is 13.2 Å². The molecule has 0 spiro atoms. The summed E-state index contributed by atoms with van der Waals surface area (Å²) in [4.78, 5) is 12.8. The average molecular weight is 372 g/mol. The van der Waals surface area contributed by atoms with E-state index in [0.29, 0.717) is 5.56 Å². The lowest BCUT2D eigenvalue weighted by molar-refractivity contribution is 0.0936. The molecule has 3 rings (SSSR count). The second-order valence-electron chi connectivity index (χ2n) is 6.91. The lowest BCUT2D eigenvalue weighted by Gasteiger charge is -2.21. The van der Waals surface area contributed by atoms with Gasteiger partial charge in [0.05, 0.1) is 10.9 Å². The van der Waals surface area contributed by atoms with Gasteiger partial charge in [-0.2, -0.15) is 4.31 Å². The van der Waals surface area contributed by atoms with Crippen LogP contribution in [0.3, 0.4) is 0 Å². The number of carbonyl (C=O) groups excluding carboxylic acids is 1. The molecule has 0 unspecified atom stereocenters. The second kappa shape index (κ2) is 7.21. The van der Waals surface area contributed by atoms with Crippen molar-refractivity contribution >= 4 is 15.9 Å². The number of hydrogen-bond acceptors (Lipinski definition) is 3. The van der Waals surface area contributed by atoms with Crippen molar-refractivity contribution in [2.75, 3.05) is 7.05 Å². The number of sulfonamides is 1. The van der Waals surface area contributed by atoms with E-state index >= 15 is 0 Å². The molecule has 0 aromatic heterocycles. The molecule has 26 heavy (non-hydrogen) atoms. The van der Waals surface area contributed by atoms with Crippen LogP contribution in [-0.2, 0) is 16.4 Å². The summed E-state index contributed by atoms with van der Waals surface area (Å²) in [7, 11) is -2.07. The van der Waals surface area contributed by atoms with Gasteiger partial charge >= 0.3 is 0 Å². The molecule has 0 radical (unpaired) electrons. The van der Waals surface area contributed by atoms with Crippen molar-refractivity contribution in [3.63, 3.8) is 0 Å². The smallest absolute Gasteiger partial charge is 0.251 e. The number of aryl methyl sites for hydroxylation is 1. The number of carbonyl (C=O) groups is 1. The maximum Gasteiger partial charge on any atom is 0.251 e. The van der Waals surface area contributed by atoms with Gasteiger partial charge in [-0.1, -0.05) is 30.3 Å². The van der Waals surface area contributed by atoms with E-state index in [-0.39, 0.29) is 22.9 Å². The molecule has 1 N–H and O–H groups in total. The summed E-state index contributed by atoms with van der Waals surface area (Å²) in [5.41, 5.74) is 2.75. The molecule has 1 amide bonds. The molecule has 0 heterocycles. The zero-order valence-corrected chi connectivity index (χ0v) is 16.1. The number of rotatable bonds is 5. The molecule has 0 saturated heterocycles. The Balaban J connectivity index is 1.82. The van der Waals surface area contributed by atoms with Crippen LogP contribution < -0.4 is 5.32 Å². The maximum atomic E-state index is 12.7. The molecule has 0 aliphatic heterocycles. The highest BCUT2D eigenvalue weighted by Crippen LogP contribution is 2.31. The van der Waals surface area contributed by atoms with E-state index in [1.807, 2.05) is 32.0 Å². The standard InChI is InChI=1S/C20H24N2O3S/c1-14(2)22(3)26(24,25)17-9-6-8-16(13-17)20(23)21-19-12-11-15-7-4-5-10-18(15)19/h4-10,13-14,19H,11-12H2,1-3H3,(H,21,23)/t19-/m0/s1. The minimum atomic E-state index is -3.62. The molecule has 2 aromatic rings. The Bertz CT molecular complexity index is 922. The SMILES string of the molecule is CC(C)N(C)S(=O)(=O)c1cccc(C(=O)N[C@H]2CCc3ccccc32)c1. The molecule has 138 valence electrons. The van der Waals surface area contributed by atoms with Crippen molar-refractivity contribution in [3.05, 3.63) is 65.2 Å². The van der Waals surface area contributed by atoms with Crippen molar-refractivity contribution in [1.82, 2.24) is 9.62 Å². The maximum absolute atomic E-state index is 12.7. The van der Waals surface area contributed by atoms with Crippen LogP contribution in [0.1, 0.15) is 47.8 Å². The summed E-state index contributed by atoms with van der Waals surface area (Å²) in [5.74, 6) is -0.254. The van der Waals surface area contributed by atoms with Gasteiger partial charge < -0.3 is 5.32 Å². The molecule has 6 heteroatoms. The average Bonchev–Trinajstić information content (AvgIpc) is 3.04. The summed E-state index contributed by atoms with van der Waals surface area (Å²) >= 11 is 0. The second-order valence-corrected chi connectivity index (χ2v) is 8.90. The van der Waals surface area contributed by atoms with Gasteiger partial charge in [0.15, 0.2) is 0 Å². The molecular weight excluding hydrogens is 348 g/mol. The molecule has 1 aliphatic carbocycles. The Labute approximate surface area is 155 Å². The first-order valence-electron chi connectivity index (χ1n) is 8.77. The van der Waals surface area contributed by atoms with E-state index in [1.165, 1.54) is 22.0 Å². The van der Waals surface area contributed by atoms with Gasteiger partial charge in [0.1, 0.15) is 0 Å². The number of fused-ring (bicyclic) bond motifs is 1. The van der Waals surface area contributed by atoms with Crippen LogP contribution >= 0.6 is 0 Å². The minimum absolute atomic E-state index is 0.0303. The topological polar surface area (TPSA) is 66.5 Å². The largest absolute Gasteiger partial charge is 0.345 e. The van der Waals surface area contributed by atoms with E-state index < -0.39 is 10.0 Å². The van der Waals surface area contributed by atoms with Gasteiger partial charge in [-0.25, -0.2) is 8.42 Å². The van der Waals surface area contributed by atoms with Gasteiger partial charge in [0.2, 0.25) is 10.0 Å². The Morgan fingerprint density at radius 1 is 1.15 bits per heavy atom. The van der Waals surface area contributed by atoms with Gasteiger partial charge in [0.25, 0.3) is 5.91 Å². The first-order chi connectivity index (χ1) is 12.3. The van der Waals surface area contributed by atoms with E-state index in [1.54, 1.807) is 19.2 Å². The van der Waals surface area contributed by atoms with Gasteiger partial charge in [-0.05, 0) is 56.0 Å². The number of hydrogen-bond donors (Lipinski definition) is 1. The van der Waals surface area contributed by atoms with Gasteiger partial charge in [0, 0.05) is 18.7 Å². The monoisotopic (exact) mass is 372 g/mol. The Hall–Kier alpha value is -2.18. The molecule has 1 atom stereocenters. The third-order valence-corrected chi connectivity index (χ3v) is 6.97. The van der Waals surface area contributed by atoms with E-state index in [0.717, 1.165) is 18.4 Å². The summed E-state index contributed by atoms with van der Waals surface area (Å²) in [6, 6.07) is 14.1. The van der Waals surface area contributed by atoms with Crippen molar-refractivity contribution in [1.29, 1.82) is 0 Å². The molecule has 1 aliphatic rings. The van der Waals surface area contributed by atoms with Crippen LogP contribution in [0, 0.1) is 0 Å². The van der Waals surface area contributed by atoms with Crippen LogP contribution in [0.4, 0.5) is 0 Å². The van der Waals surface area contributed by atoms with Crippen molar-refractivity contribution in [3.8, 4) is 0 Å². The summed E-state index contributed by atoms with van der Waals surface area (Å²) in [5, 5.41) is 3.03. The van der Waals surface area contributed by atoms with Crippen molar-refractivity contribution < 1.29 is 13.2 Å². The number of nitrogens with one attached hydrogen (secondary N) is 1. The first-order valence-corrected chi connectivity index (χ1v) is 10.2. The molecule has 0 saturated carbocycles. The van der Waals surface area contributed by atoms with Crippen LogP contribution in [0.25, 0.3) is 0 Å². The normalized spacial score (nSPS) is 16.7. The highest BCUT2D eigenvalue weighted by atomic mass is 32.2. The fourth-order valence-corrected chi connectivity index (χ4v) is 4.60. The highest BCUT2D eigenvalue weighted by Gasteiger charge is 2.26. The molecule has 0 bridgehead atoms. The molecule has 0 fully saturated rings. The number of nitrogens with zero attached hydrogens (tertiary/aromatic N) is 1. The minimum Gasteiger partial charge on any atom is -0.345 e. The van der Waals surface area contributed by atoms with Gasteiger partial charge in [-0.15, -0.1) is 0 Å². The fourth-order valence-electron chi connectivity index (χ4n) is 3.19. The Morgan fingerprint density at radius 3 is 2.62 bits per heavy atom.